The minimum atomic E-state index is -0.869. The summed E-state index contributed by atoms with van der Waals surface area (Å²) < 4.78 is 5.82. The number of anilines is 1. The zero-order chi connectivity index (χ0) is 19.7. The van der Waals surface area contributed by atoms with E-state index in [0.29, 0.717) is 55.4 Å². The fourth-order valence-electron chi connectivity index (χ4n) is 4.28. The summed E-state index contributed by atoms with van der Waals surface area (Å²) in [5.41, 5.74) is 6.18. The van der Waals surface area contributed by atoms with E-state index < -0.39 is 11.4 Å². The summed E-state index contributed by atoms with van der Waals surface area (Å²) in [6.07, 6.45) is 5.56. The van der Waals surface area contributed by atoms with Crippen LogP contribution in [0.5, 0.6) is 0 Å². The van der Waals surface area contributed by atoms with Crippen LogP contribution in [0.25, 0.3) is 11.1 Å². The molecule has 0 spiro atoms. The number of fused-ring (bicyclic) bond motifs is 1. The highest BCUT2D eigenvalue weighted by molar-refractivity contribution is 6.31. The number of carbonyl (C=O) groups is 2. The van der Waals surface area contributed by atoms with Crippen LogP contribution in [0.3, 0.4) is 0 Å². The van der Waals surface area contributed by atoms with Gasteiger partial charge in [0.2, 0.25) is 11.8 Å². The second kappa shape index (κ2) is 7.62. The first-order valence-electron chi connectivity index (χ1n) is 9.90. The third-order valence-electron chi connectivity index (χ3n) is 6.02. The van der Waals surface area contributed by atoms with Gasteiger partial charge in [0.1, 0.15) is 11.1 Å². The summed E-state index contributed by atoms with van der Waals surface area (Å²) in [6.45, 7) is 1.34. The highest BCUT2D eigenvalue weighted by Gasteiger charge is 2.41. The number of hydrogen-bond donors (Lipinski definition) is 2. The Morgan fingerprint density at radius 3 is 2.61 bits per heavy atom. The Hall–Kier alpha value is -2.28. The summed E-state index contributed by atoms with van der Waals surface area (Å²) in [4.78, 5) is 31.4. The lowest BCUT2D eigenvalue weighted by Gasteiger charge is -2.37. The third kappa shape index (κ3) is 3.68. The lowest BCUT2D eigenvalue weighted by atomic mass is 9.80. The smallest absolute Gasteiger partial charge is 0.298 e. The minimum Gasteiger partial charge on any atom is -0.423 e. The molecule has 2 fully saturated rings. The van der Waals surface area contributed by atoms with E-state index in [1.54, 1.807) is 12.1 Å². The molecule has 150 valence electrons. The van der Waals surface area contributed by atoms with Crippen molar-refractivity contribution in [2.45, 2.75) is 50.5 Å². The Kier molecular flexibility index (Phi) is 5.19. The number of piperidine rings is 1. The summed E-state index contributed by atoms with van der Waals surface area (Å²) in [5.74, 6) is -0.610. The normalized spacial score (nSPS) is 20.2. The van der Waals surface area contributed by atoms with Crippen LogP contribution in [-0.4, -0.2) is 35.4 Å². The van der Waals surface area contributed by atoms with Crippen molar-refractivity contribution in [3.63, 3.8) is 0 Å². The number of oxazole rings is 1. The van der Waals surface area contributed by atoms with Gasteiger partial charge in [-0.15, -0.1) is 0 Å². The summed E-state index contributed by atoms with van der Waals surface area (Å²) in [6, 6.07) is 5.92. The standard InChI is InChI=1S/C20H25ClN4O3/c21-14-4-5-15-16(12-14)28-19(23-15)25-10-6-13(7-11-25)17(26)24-20(18(22)27)8-2-1-3-9-20/h4-5,12-13H,1-3,6-11H2,(H2,22,27)(H,24,26). The first-order chi connectivity index (χ1) is 13.5. The number of benzene rings is 1. The van der Waals surface area contributed by atoms with Crippen molar-refractivity contribution < 1.29 is 14.0 Å². The Morgan fingerprint density at radius 2 is 1.93 bits per heavy atom. The number of nitrogens with one attached hydrogen (secondary N) is 1. The Labute approximate surface area is 168 Å². The summed E-state index contributed by atoms with van der Waals surface area (Å²) >= 11 is 6.00. The highest BCUT2D eigenvalue weighted by Crippen LogP contribution is 2.31. The van der Waals surface area contributed by atoms with Gasteiger partial charge in [0.25, 0.3) is 6.01 Å². The number of halogens is 1. The molecule has 2 aromatic rings. The van der Waals surface area contributed by atoms with E-state index in [0.717, 1.165) is 24.8 Å². The van der Waals surface area contributed by atoms with Crippen LogP contribution in [0.2, 0.25) is 5.02 Å². The van der Waals surface area contributed by atoms with Gasteiger partial charge in [-0.1, -0.05) is 30.9 Å². The largest absolute Gasteiger partial charge is 0.423 e. The van der Waals surface area contributed by atoms with Crippen molar-refractivity contribution in [2.75, 3.05) is 18.0 Å². The van der Waals surface area contributed by atoms with Crippen molar-refractivity contribution in [1.82, 2.24) is 10.3 Å². The van der Waals surface area contributed by atoms with E-state index in [-0.39, 0.29) is 11.8 Å². The van der Waals surface area contributed by atoms with Crippen LogP contribution < -0.4 is 16.0 Å². The molecular weight excluding hydrogens is 380 g/mol. The third-order valence-corrected chi connectivity index (χ3v) is 6.25. The maximum Gasteiger partial charge on any atom is 0.298 e. The van der Waals surface area contributed by atoms with E-state index in [1.807, 2.05) is 11.0 Å². The molecule has 1 aromatic heterocycles. The first-order valence-corrected chi connectivity index (χ1v) is 10.3. The van der Waals surface area contributed by atoms with Gasteiger partial charge in [0.15, 0.2) is 5.58 Å². The molecule has 2 heterocycles. The van der Waals surface area contributed by atoms with Crippen LogP contribution in [0.1, 0.15) is 44.9 Å². The Morgan fingerprint density at radius 1 is 1.21 bits per heavy atom. The van der Waals surface area contributed by atoms with Gasteiger partial charge in [-0.25, -0.2) is 0 Å². The predicted molar refractivity (Wildman–Crippen MR) is 107 cm³/mol. The fraction of sp³-hybridized carbons (Fsp3) is 0.550. The van der Waals surface area contributed by atoms with E-state index in [9.17, 15) is 9.59 Å². The number of aromatic nitrogens is 1. The van der Waals surface area contributed by atoms with E-state index >= 15 is 0 Å². The molecule has 4 rings (SSSR count). The van der Waals surface area contributed by atoms with Crippen LogP contribution >= 0.6 is 11.6 Å². The lowest BCUT2D eigenvalue weighted by molar-refractivity contribution is -0.135. The van der Waals surface area contributed by atoms with Crippen LogP contribution in [0.4, 0.5) is 6.01 Å². The number of hydrogen-bond acceptors (Lipinski definition) is 5. The number of amides is 2. The molecule has 1 aliphatic carbocycles. The first kappa shape index (κ1) is 19.1. The Balaban J connectivity index is 1.39. The molecule has 8 heteroatoms. The van der Waals surface area contributed by atoms with Gasteiger partial charge in [0.05, 0.1) is 0 Å². The molecule has 2 aliphatic rings. The van der Waals surface area contributed by atoms with Gasteiger partial charge >= 0.3 is 0 Å². The molecule has 0 radical (unpaired) electrons. The average Bonchev–Trinajstić information content (AvgIpc) is 3.12. The number of rotatable bonds is 4. The molecule has 0 atom stereocenters. The lowest BCUT2D eigenvalue weighted by Crippen LogP contribution is -2.60. The molecule has 1 saturated heterocycles. The predicted octanol–water partition coefficient (Wildman–Crippen LogP) is 3.00. The summed E-state index contributed by atoms with van der Waals surface area (Å²) in [5, 5.41) is 3.61. The fourth-order valence-corrected chi connectivity index (χ4v) is 4.44. The van der Waals surface area contributed by atoms with Crippen LogP contribution in [0.15, 0.2) is 22.6 Å². The second-order valence-corrected chi connectivity index (χ2v) is 8.30. The van der Waals surface area contributed by atoms with Gasteiger partial charge in [-0.3, -0.25) is 9.59 Å². The minimum absolute atomic E-state index is 0.0651. The van der Waals surface area contributed by atoms with Gasteiger partial charge in [-0.2, -0.15) is 4.98 Å². The number of carbonyl (C=O) groups excluding carboxylic acids is 2. The molecule has 1 saturated carbocycles. The molecular formula is C20H25ClN4O3. The molecule has 7 nitrogen and oxygen atoms in total. The van der Waals surface area contributed by atoms with Crippen molar-refractivity contribution in [3.8, 4) is 0 Å². The quantitative estimate of drug-likeness (QED) is 0.815. The van der Waals surface area contributed by atoms with E-state index in [2.05, 4.69) is 10.3 Å². The van der Waals surface area contributed by atoms with Crippen LogP contribution in [-0.2, 0) is 9.59 Å². The topological polar surface area (TPSA) is 101 Å². The van der Waals surface area contributed by atoms with Crippen molar-refractivity contribution in [2.24, 2.45) is 11.7 Å². The van der Waals surface area contributed by atoms with Gasteiger partial charge < -0.3 is 20.4 Å². The number of nitrogens with zero attached hydrogens (tertiary/aromatic N) is 2. The van der Waals surface area contributed by atoms with Crippen molar-refractivity contribution in [1.29, 1.82) is 0 Å². The van der Waals surface area contributed by atoms with Crippen molar-refractivity contribution >= 4 is 40.5 Å². The highest BCUT2D eigenvalue weighted by atomic mass is 35.5. The maximum atomic E-state index is 12.8. The molecule has 3 N–H and O–H groups in total. The van der Waals surface area contributed by atoms with Gasteiger partial charge in [0, 0.05) is 30.1 Å². The number of nitrogens with two attached hydrogens (primary N) is 1. The van der Waals surface area contributed by atoms with E-state index in [4.69, 9.17) is 21.8 Å². The van der Waals surface area contributed by atoms with E-state index in [1.165, 1.54) is 0 Å². The van der Waals surface area contributed by atoms with Gasteiger partial charge in [-0.05, 0) is 37.8 Å². The zero-order valence-electron chi connectivity index (χ0n) is 15.7. The molecule has 2 amide bonds. The average molecular weight is 405 g/mol. The Bertz CT molecular complexity index is 883. The summed E-state index contributed by atoms with van der Waals surface area (Å²) in [7, 11) is 0. The molecule has 1 aromatic carbocycles. The molecule has 0 bridgehead atoms. The van der Waals surface area contributed by atoms with Crippen LogP contribution in [0, 0.1) is 5.92 Å². The molecule has 28 heavy (non-hydrogen) atoms. The maximum absolute atomic E-state index is 12.8. The monoisotopic (exact) mass is 404 g/mol. The zero-order valence-corrected chi connectivity index (χ0v) is 16.5. The SMILES string of the molecule is NC(=O)C1(NC(=O)C2CCN(c3nc4ccc(Cl)cc4o3)CC2)CCCCC1. The van der Waals surface area contributed by atoms with Crippen molar-refractivity contribution in [3.05, 3.63) is 23.2 Å². The number of primary amides is 1. The second-order valence-electron chi connectivity index (χ2n) is 7.87. The molecule has 0 unspecified atom stereocenters. The molecule has 1 aliphatic heterocycles.